The maximum Gasteiger partial charge on any atom is 0.350 e. The van der Waals surface area contributed by atoms with E-state index in [0.29, 0.717) is 41.8 Å². The molecule has 0 radical (unpaired) electrons. The number of imidazole rings is 1. The van der Waals surface area contributed by atoms with Crippen molar-refractivity contribution in [2.75, 3.05) is 31.7 Å². The molecule has 31 heavy (non-hydrogen) atoms. The van der Waals surface area contributed by atoms with Crippen molar-refractivity contribution < 1.29 is 19.1 Å². The van der Waals surface area contributed by atoms with E-state index >= 15 is 0 Å². The molecule has 11 heteroatoms. The molecule has 1 aliphatic heterocycles. The van der Waals surface area contributed by atoms with E-state index < -0.39 is 0 Å². The number of methoxy groups -OCH3 is 1. The monoisotopic (exact) mass is 469 g/mol. The van der Waals surface area contributed by atoms with Crippen LogP contribution in [0.4, 0.5) is 5.13 Å². The number of aromatic amines is 1. The molecule has 3 rings (SSSR count). The Kier molecular flexibility index (Phi) is 7.55. The van der Waals surface area contributed by atoms with Gasteiger partial charge in [0.15, 0.2) is 16.1 Å². The van der Waals surface area contributed by atoms with Crippen LogP contribution in [0.25, 0.3) is 0 Å². The molecule has 0 unspecified atom stereocenters. The molecule has 0 aromatic carbocycles. The number of carbonyl (C=O) groups is 2. The number of aromatic nitrogens is 3. The molecule has 2 N–H and O–H groups in total. The molecule has 3 heterocycles. The summed E-state index contributed by atoms with van der Waals surface area (Å²) in [5.41, 5.74) is 1.39. The quantitative estimate of drug-likeness (QED) is 0.599. The number of carbonyl (C=O) groups excluding carboxylic acids is 2. The summed E-state index contributed by atoms with van der Waals surface area (Å²) in [6.45, 7) is 9.05. The van der Waals surface area contributed by atoms with E-state index in [-0.39, 0.29) is 35.8 Å². The molecule has 0 aliphatic carbocycles. The Labute approximate surface area is 190 Å². The molecule has 1 fully saturated rings. The van der Waals surface area contributed by atoms with Crippen LogP contribution in [-0.2, 0) is 9.47 Å². The lowest BCUT2D eigenvalue weighted by Crippen LogP contribution is -2.55. The number of thiazole rings is 1. The lowest BCUT2D eigenvalue weighted by molar-refractivity contribution is 0.0530. The van der Waals surface area contributed by atoms with E-state index in [9.17, 15) is 9.59 Å². The average molecular weight is 470 g/mol. The highest BCUT2D eigenvalue weighted by Gasteiger charge is 2.33. The summed E-state index contributed by atoms with van der Waals surface area (Å²) < 4.78 is 10.8. The zero-order chi connectivity index (χ0) is 22.7. The topological polar surface area (TPSA) is 109 Å². The minimum Gasteiger partial charge on any atom is -0.462 e. The Morgan fingerprint density at radius 2 is 2.13 bits per heavy atom. The van der Waals surface area contributed by atoms with Crippen molar-refractivity contribution in [3.63, 3.8) is 0 Å². The van der Waals surface area contributed by atoms with Gasteiger partial charge in [-0.2, -0.15) is 0 Å². The molecule has 1 saturated heterocycles. The largest absolute Gasteiger partial charge is 0.462 e. The second-order valence-electron chi connectivity index (χ2n) is 7.66. The Morgan fingerprint density at radius 3 is 2.74 bits per heavy atom. The number of piperidine rings is 1. The summed E-state index contributed by atoms with van der Waals surface area (Å²) in [6.07, 6.45) is 0.409. The molecule has 9 nitrogen and oxygen atoms in total. The third-order valence-electron chi connectivity index (χ3n) is 5.17. The number of anilines is 1. The molecule has 170 valence electrons. The van der Waals surface area contributed by atoms with Crippen molar-refractivity contribution in [2.24, 2.45) is 0 Å². The van der Waals surface area contributed by atoms with Crippen molar-refractivity contribution in [1.29, 1.82) is 0 Å². The van der Waals surface area contributed by atoms with E-state index in [1.165, 1.54) is 11.3 Å². The Hall–Kier alpha value is -2.17. The van der Waals surface area contributed by atoms with Crippen LogP contribution in [-0.4, -0.2) is 65.8 Å². The first-order valence-electron chi connectivity index (χ1n) is 10.2. The summed E-state index contributed by atoms with van der Waals surface area (Å²) in [6, 6.07) is -0.189. The lowest BCUT2D eigenvalue weighted by Gasteiger charge is -2.37. The van der Waals surface area contributed by atoms with Gasteiger partial charge in [-0.05, 0) is 26.2 Å². The Morgan fingerprint density at radius 1 is 1.39 bits per heavy atom. The van der Waals surface area contributed by atoms with Crippen molar-refractivity contribution in [3.8, 4) is 0 Å². The summed E-state index contributed by atoms with van der Waals surface area (Å²) >= 11 is 7.45. The molecule has 0 spiro atoms. The number of nitrogens with zero attached hydrogens (tertiary/aromatic N) is 3. The molecule has 0 saturated carbocycles. The number of nitrogens with one attached hydrogen (secondary N) is 2. The highest BCUT2D eigenvalue weighted by Crippen LogP contribution is 2.30. The maximum absolute atomic E-state index is 12.7. The molecular formula is C20H28ClN5O4S. The zero-order valence-corrected chi connectivity index (χ0v) is 19.9. The fourth-order valence-electron chi connectivity index (χ4n) is 3.49. The number of halogens is 1. The predicted octanol–water partition coefficient (Wildman–Crippen LogP) is 3.15. The first-order chi connectivity index (χ1) is 14.7. The summed E-state index contributed by atoms with van der Waals surface area (Å²) in [4.78, 5) is 39.1. The van der Waals surface area contributed by atoms with Crippen LogP contribution >= 0.6 is 22.9 Å². The second kappa shape index (κ2) is 9.97. The van der Waals surface area contributed by atoms with Crippen LogP contribution < -0.4 is 10.2 Å². The first kappa shape index (κ1) is 23.5. The van der Waals surface area contributed by atoms with Gasteiger partial charge < -0.3 is 24.7 Å². The minimum absolute atomic E-state index is 0.137. The fraction of sp³-hybridized carbons (Fsp3) is 0.600. The normalized spacial score (nSPS) is 19.0. The SMILES string of the molecule is CCOC(=O)c1sc(N2CC[C@H](NC(=O)c3nc(Cl)c(C(C)C)[nH]3)[C@H](OC)C2)nc1C. The fourth-order valence-corrected chi connectivity index (χ4v) is 4.84. The van der Waals surface area contributed by atoms with Gasteiger partial charge in [0, 0.05) is 20.2 Å². The third-order valence-corrected chi connectivity index (χ3v) is 6.66. The van der Waals surface area contributed by atoms with Crippen LogP contribution in [0.3, 0.4) is 0 Å². The summed E-state index contributed by atoms with van der Waals surface area (Å²) in [5.74, 6) is -0.338. The maximum atomic E-state index is 12.7. The van der Waals surface area contributed by atoms with Gasteiger partial charge in [-0.15, -0.1) is 0 Å². The minimum atomic E-state index is -0.355. The van der Waals surface area contributed by atoms with Gasteiger partial charge in [0.05, 0.1) is 30.1 Å². The van der Waals surface area contributed by atoms with Crippen LogP contribution in [0.2, 0.25) is 5.15 Å². The van der Waals surface area contributed by atoms with E-state index in [0.717, 1.165) is 10.8 Å². The van der Waals surface area contributed by atoms with Crippen LogP contribution in [0.5, 0.6) is 0 Å². The van der Waals surface area contributed by atoms with Gasteiger partial charge in [-0.25, -0.2) is 14.8 Å². The number of aryl methyl sites for hydroxylation is 1. The van der Waals surface area contributed by atoms with E-state index in [1.54, 1.807) is 21.0 Å². The van der Waals surface area contributed by atoms with E-state index in [1.807, 2.05) is 13.8 Å². The van der Waals surface area contributed by atoms with Gasteiger partial charge in [0.1, 0.15) is 4.88 Å². The summed E-state index contributed by atoms with van der Waals surface area (Å²) in [7, 11) is 1.62. The molecule has 2 aromatic heterocycles. The van der Waals surface area contributed by atoms with Gasteiger partial charge in [-0.3, -0.25) is 4.79 Å². The van der Waals surface area contributed by atoms with Crippen molar-refractivity contribution in [1.82, 2.24) is 20.3 Å². The summed E-state index contributed by atoms with van der Waals surface area (Å²) in [5, 5.41) is 4.06. The number of esters is 1. The van der Waals surface area contributed by atoms with Gasteiger partial charge in [-0.1, -0.05) is 36.8 Å². The Balaban J connectivity index is 1.67. The van der Waals surface area contributed by atoms with E-state index in [4.69, 9.17) is 21.1 Å². The molecule has 1 amide bonds. The first-order valence-corrected chi connectivity index (χ1v) is 11.4. The number of H-pyrrole nitrogens is 1. The Bertz CT molecular complexity index is 944. The van der Waals surface area contributed by atoms with Gasteiger partial charge in [0.25, 0.3) is 5.91 Å². The third kappa shape index (κ3) is 5.19. The number of amides is 1. The van der Waals surface area contributed by atoms with Crippen LogP contribution in [0, 0.1) is 6.92 Å². The van der Waals surface area contributed by atoms with Crippen molar-refractivity contribution in [3.05, 3.63) is 27.2 Å². The molecule has 2 aromatic rings. The number of hydrogen-bond acceptors (Lipinski definition) is 8. The highest BCUT2D eigenvalue weighted by atomic mass is 35.5. The smallest absolute Gasteiger partial charge is 0.350 e. The van der Waals surface area contributed by atoms with Crippen LogP contribution in [0.1, 0.15) is 64.8 Å². The highest BCUT2D eigenvalue weighted by molar-refractivity contribution is 7.17. The van der Waals surface area contributed by atoms with Crippen LogP contribution in [0.15, 0.2) is 0 Å². The average Bonchev–Trinajstić information content (AvgIpc) is 3.31. The van der Waals surface area contributed by atoms with Gasteiger partial charge in [0.2, 0.25) is 0 Å². The van der Waals surface area contributed by atoms with Crippen molar-refractivity contribution in [2.45, 2.75) is 52.2 Å². The predicted molar refractivity (Wildman–Crippen MR) is 119 cm³/mol. The number of ether oxygens (including phenoxy) is 2. The lowest BCUT2D eigenvalue weighted by atomic mass is 10.0. The van der Waals surface area contributed by atoms with Crippen molar-refractivity contribution >= 4 is 39.9 Å². The molecular weight excluding hydrogens is 442 g/mol. The zero-order valence-electron chi connectivity index (χ0n) is 18.3. The van der Waals surface area contributed by atoms with E-state index in [2.05, 4.69) is 25.2 Å². The molecule has 0 bridgehead atoms. The molecule has 2 atom stereocenters. The number of rotatable bonds is 7. The van der Waals surface area contributed by atoms with Gasteiger partial charge >= 0.3 is 5.97 Å². The number of hydrogen-bond donors (Lipinski definition) is 2. The molecule has 1 aliphatic rings. The second-order valence-corrected chi connectivity index (χ2v) is 9.00. The standard InChI is InChI=1S/C20H28ClN5O4S/c1-6-30-19(28)15-11(4)22-20(31-15)26-8-7-12(13(9-26)29-5)23-18(27)17-24-14(10(2)3)16(21)25-17/h10,12-13H,6-9H2,1-5H3,(H,23,27)(H,24,25)/t12-,13+/m0/s1.